The zero-order valence-corrected chi connectivity index (χ0v) is 11.1. The minimum Gasteiger partial charge on any atom is -0.508 e. The third kappa shape index (κ3) is 2.71. The lowest BCUT2D eigenvalue weighted by atomic mass is 10.1. The highest BCUT2D eigenvalue weighted by atomic mass is 19.1. The third-order valence-electron chi connectivity index (χ3n) is 2.94. The molecule has 0 aliphatic heterocycles. The normalized spacial score (nSPS) is 10.2. The number of methoxy groups -OCH3 is 1. The molecule has 2 aromatic carbocycles. The van der Waals surface area contributed by atoms with Crippen molar-refractivity contribution in [3.8, 4) is 11.5 Å². The molecule has 2 rings (SSSR count). The number of halogens is 1. The van der Waals surface area contributed by atoms with E-state index in [1.165, 1.54) is 36.3 Å². The van der Waals surface area contributed by atoms with E-state index in [9.17, 15) is 14.3 Å². The van der Waals surface area contributed by atoms with E-state index in [1.807, 2.05) is 0 Å². The molecule has 1 amide bonds. The van der Waals surface area contributed by atoms with Crippen molar-refractivity contribution in [3.05, 3.63) is 53.8 Å². The fraction of sp³-hybridized carbons (Fsp3) is 0.133. The Balaban J connectivity index is 2.26. The number of amides is 1. The number of phenols is 1. The van der Waals surface area contributed by atoms with Crippen LogP contribution in [0.5, 0.6) is 11.5 Å². The Bertz CT molecular complexity index is 626. The zero-order chi connectivity index (χ0) is 14.7. The number of benzene rings is 2. The maximum absolute atomic E-state index is 13.6. The standard InChI is InChI=1S/C15H14FNO3/c1-17(11-4-6-12(18)7-5-11)15(19)10-3-8-14(20-2)13(16)9-10/h3-9,18H,1-2H3. The van der Waals surface area contributed by atoms with Gasteiger partial charge in [0.05, 0.1) is 7.11 Å². The van der Waals surface area contributed by atoms with Crippen molar-refractivity contribution in [2.75, 3.05) is 19.1 Å². The molecule has 20 heavy (non-hydrogen) atoms. The monoisotopic (exact) mass is 275 g/mol. The smallest absolute Gasteiger partial charge is 0.258 e. The average Bonchev–Trinajstić information content (AvgIpc) is 2.46. The second-order valence-corrected chi connectivity index (χ2v) is 4.23. The molecule has 0 atom stereocenters. The highest BCUT2D eigenvalue weighted by Crippen LogP contribution is 2.22. The predicted molar refractivity (Wildman–Crippen MR) is 73.8 cm³/mol. The van der Waals surface area contributed by atoms with Gasteiger partial charge in [0, 0.05) is 18.3 Å². The molecule has 0 unspecified atom stereocenters. The molecule has 4 nitrogen and oxygen atoms in total. The fourth-order valence-electron chi connectivity index (χ4n) is 1.79. The third-order valence-corrected chi connectivity index (χ3v) is 2.94. The van der Waals surface area contributed by atoms with Gasteiger partial charge < -0.3 is 14.7 Å². The SMILES string of the molecule is COc1ccc(C(=O)N(C)c2ccc(O)cc2)cc1F. The molecule has 0 saturated carbocycles. The number of carbonyl (C=O) groups is 1. The molecule has 0 heterocycles. The molecule has 0 spiro atoms. The summed E-state index contributed by atoms with van der Waals surface area (Å²) in [5.41, 5.74) is 0.822. The van der Waals surface area contributed by atoms with Crippen LogP contribution in [0.15, 0.2) is 42.5 Å². The van der Waals surface area contributed by atoms with E-state index in [2.05, 4.69) is 0 Å². The van der Waals surface area contributed by atoms with Crippen LogP contribution < -0.4 is 9.64 Å². The van der Waals surface area contributed by atoms with Crippen LogP contribution in [0.25, 0.3) is 0 Å². The molecular weight excluding hydrogens is 261 g/mol. The van der Waals surface area contributed by atoms with Gasteiger partial charge >= 0.3 is 0 Å². The van der Waals surface area contributed by atoms with Gasteiger partial charge in [-0.1, -0.05) is 0 Å². The Morgan fingerprint density at radius 3 is 2.40 bits per heavy atom. The summed E-state index contributed by atoms with van der Waals surface area (Å²) in [7, 11) is 2.94. The lowest BCUT2D eigenvalue weighted by Crippen LogP contribution is -2.26. The summed E-state index contributed by atoms with van der Waals surface area (Å²) in [6, 6.07) is 10.2. The number of aromatic hydroxyl groups is 1. The number of hydrogen-bond donors (Lipinski definition) is 1. The first-order valence-corrected chi connectivity index (χ1v) is 5.93. The number of anilines is 1. The van der Waals surface area contributed by atoms with Gasteiger partial charge in [0.15, 0.2) is 11.6 Å². The molecule has 0 fully saturated rings. The highest BCUT2D eigenvalue weighted by molar-refractivity contribution is 6.05. The zero-order valence-electron chi connectivity index (χ0n) is 11.1. The van der Waals surface area contributed by atoms with Gasteiger partial charge in [0.1, 0.15) is 5.75 Å². The van der Waals surface area contributed by atoms with E-state index in [4.69, 9.17) is 4.74 Å². The molecule has 104 valence electrons. The number of nitrogens with zero attached hydrogens (tertiary/aromatic N) is 1. The summed E-state index contributed by atoms with van der Waals surface area (Å²) in [6.45, 7) is 0. The van der Waals surface area contributed by atoms with Crippen molar-refractivity contribution in [1.29, 1.82) is 0 Å². The van der Waals surface area contributed by atoms with Crippen LogP contribution in [0.1, 0.15) is 10.4 Å². The fourth-order valence-corrected chi connectivity index (χ4v) is 1.79. The number of phenolic OH excluding ortho intramolecular Hbond substituents is 1. The van der Waals surface area contributed by atoms with E-state index in [-0.39, 0.29) is 23.0 Å². The molecule has 5 heteroatoms. The Kier molecular flexibility index (Phi) is 3.89. The van der Waals surface area contributed by atoms with Crippen molar-refractivity contribution in [1.82, 2.24) is 0 Å². The van der Waals surface area contributed by atoms with Crippen LogP contribution in [0.3, 0.4) is 0 Å². The van der Waals surface area contributed by atoms with Gasteiger partial charge in [-0.15, -0.1) is 0 Å². The number of carbonyl (C=O) groups excluding carboxylic acids is 1. The lowest BCUT2D eigenvalue weighted by molar-refractivity contribution is 0.0992. The summed E-state index contributed by atoms with van der Waals surface area (Å²) in [4.78, 5) is 13.6. The van der Waals surface area contributed by atoms with E-state index in [0.717, 1.165) is 6.07 Å². The average molecular weight is 275 g/mol. The number of hydrogen-bond acceptors (Lipinski definition) is 3. The summed E-state index contributed by atoms with van der Waals surface area (Å²) in [5, 5.41) is 9.22. The molecule has 0 bridgehead atoms. The maximum Gasteiger partial charge on any atom is 0.258 e. The van der Waals surface area contributed by atoms with Gasteiger partial charge in [0.2, 0.25) is 0 Å². The van der Waals surface area contributed by atoms with E-state index >= 15 is 0 Å². The maximum atomic E-state index is 13.6. The van der Waals surface area contributed by atoms with Crippen molar-refractivity contribution < 1.29 is 19.0 Å². The quantitative estimate of drug-likeness (QED) is 0.937. The van der Waals surface area contributed by atoms with Gasteiger partial charge in [-0.3, -0.25) is 4.79 Å². The van der Waals surface area contributed by atoms with Gasteiger partial charge in [-0.25, -0.2) is 4.39 Å². The van der Waals surface area contributed by atoms with Crippen LogP contribution >= 0.6 is 0 Å². The van der Waals surface area contributed by atoms with Crippen LogP contribution in [0, 0.1) is 5.82 Å². The summed E-state index contributed by atoms with van der Waals surface area (Å²) < 4.78 is 18.4. The van der Waals surface area contributed by atoms with Gasteiger partial charge in [-0.05, 0) is 42.5 Å². The molecule has 0 aliphatic rings. The van der Waals surface area contributed by atoms with E-state index < -0.39 is 5.82 Å². The minimum atomic E-state index is -0.586. The lowest BCUT2D eigenvalue weighted by Gasteiger charge is -2.17. The molecule has 2 aromatic rings. The van der Waals surface area contributed by atoms with Gasteiger partial charge in [-0.2, -0.15) is 0 Å². The Morgan fingerprint density at radius 1 is 1.20 bits per heavy atom. The molecule has 1 N–H and O–H groups in total. The second-order valence-electron chi connectivity index (χ2n) is 4.23. The van der Waals surface area contributed by atoms with E-state index in [1.54, 1.807) is 19.2 Å². The molecule has 0 radical (unpaired) electrons. The van der Waals surface area contributed by atoms with Crippen molar-refractivity contribution >= 4 is 11.6 Å². The first kappa shape index (κ1) is 13.9. The van der Waals surface area contributed by atoms with Crippen LogP contribution in [0.4, 0.5) is 10.1 Å². The molecular formula is C15H14FNO3. The Hall–Kier alpha value is -2.56. The molecule has 0 saturated heterocycles. The summed E-state index contributed by atoms with van der Waals surface area (Å²) >= 11 is 0. The Morgan fingerprint density at radius 2 is 1.85 bits per heavy atom. The first-order valence-electron chi connectivity index (χ1n) is 5.93. The highest BCUT2D eigenvalue weighted by Gasteiger charge is 2.15. The Labute approximate surface area is 116 Å². The van der Waals surface area contributed by atoms with Gasteiger partial charge in [0.25, 0.3) is 5.91 Å². The second kappa shape index (κ2) is 5.61. The predicted octanol–water partition coefficient (Wildman–Crippen LogP) is 2.82. The van der Waals surface area contributed by atoms with Crippen LogP contribution in [-0.2, 0) is 0 Å². The van der Waals surface area contributed by atoms with E-state index in [0.29, 0.717) is 5.69 Å². The number of ether oxygens (including phenoxy) is 1. The molecule has 0 aromatic heterocycles. The first-order chi connectivity index (χ1) is 9.52. The van der Waals surface area contributed by atoms with Crippen molar-refractivity contribution in [2.45, 2.75) is 0 Å². The summed E-state index contributed by atoms with van der Waals surface area (Å²) in [6.07, 6.45) is 0. The van der Waals surface area contributed by atoms with Crippen molar-refractivity contribution in [2.24, 2.45) is 0 Å². The summed E-state index contributed by atoms with van der Waals surface area (Å²) in [5.74, 6) is -0.728. The molecule has 0 aliphatic carbocycles. The topological polar surface area (TPSA) is 49.8 Å². The minimum absolute atomic E-state index is 0.0915. The van der Waals surface area contributed by atoms with Crippen LogP contribution in [0.2, 0.25) is 0 Å². The largest absolute Gasteiger partial charge is 0.508 e. The van der Waals surface area contributed by atoms with Crippen LogP contribution in [-0.4, -0.2) is 25.2 Å². The number of rotatable bonds is 3. The van der Waals surface area contributed by atoms with Crippen molar-refractivity contribution in [3.63, 3.8) is 0 Å².